The second-order valence-corrected chi connectivity index (χ2v) is 12.6. The number of nitrogens with two attached hydrogens (primary N) is 4. The van der Waals surface area contributed by atoms with Gasteiger partial charge in [0.25, 0.3) is 11.8 Å². The number of carboxylic acids is 2. The standard InChI is InChI=1S/C24H33N13O8S2/c1-24(2,21(42)43)45-33-12(16-32-22(28)47-34-16)17(38)31-13-18(39)37-14(20(40)41)9(8-46-19(13)37)6-36-7-11(15(27)35(36)3)30-23(44)29-10(4-25)5-26/h7,10,13,19,27H,4-6,8,25-26H2,1-3H3,(H7,28,29,30,31,32,34,38,40,41,42,43,44)/p+1/b33-12-/t13-,19-/m1/s1. The number of fused-ring (bicyclic) bond motifs is 1. The number of hydrogen-bond acceptors (Lipinski definition) is 15. The number of anilines is 3. The molecule has 2 aromatic rings. The highest BCUT2D eigenvalue weighted by atomic mass is 32.2. The van der Waals surface area contributed by atoms with Gasteiger partial charge >= 0.3 is 18.0 Å². The third-order valence-corrected chi connectivity index (χ3v) is 8.96. The minimum absolute atomic E-state index is 0.00802. The highest BCUT2D eigenvalue weighted by Gasteiger charge is 2.55. The van der Waals surface area contributed by atoms with E-state index in [4.69, 9.17) is 27.8 Å². The van der Waals surface area contributed by atoms with E-state index in [2.05, 4.69) is 30.5 Å². The monoisotopic (exact) mass is 696 g/mol. The molecule has 0 aromatic carbocycles. The number of β-lactam (4-membered cyclic amide) rings is 1. The first-order valence-electron chi connectivity index (χ1n) is 13.7. The molecule has 2 aliphatic rings. The van der Waals surface area contributed by atoms with Crippen molar-refractivity contribution in [2.75, 3.05) is 35.6 Å². The van der Waals surface area contributed by atoms with E-state index in [0.717, 1.165) is 16.4 Å². The number of thioether (sulfide) groups is 1. The molecule has 4 amide bonds. The second-order valence-electron chi connectivity index (χ2n) is 10.7. The summed E-state index contributed by atoms with van der Waals surface area (Å²) in [5.41, 5.74) is 20.9. The second kappa shape index (κ2) is 13.8. The van der Waals surface area contributed by atoms with Gasteiger partial charge in [0, 0.05) is 35.9 Å². The Morgan fingerprint density at radius 2 is 1.91 bits per heavy atom. The van der Waals surface area contributed by atoms with Gasteiger partial charge in [0.2, 0.25) is 23.3 Å². The summed E-state index contributed by atoms with van der Waals surface area (Å²) in [5.74, 6) is -4.36. The zero-order valence-corrected chi connectivity index (χ0v) is 26.9. The van der Waals surface area contributed by atoms with Gasteiger partial charge in [0.05, 0.1) is 13.1 Å². The Hall–Kier alpha value is -5.00. The number of hydrogen-bond donors (Lipinski definition) is 9. The van der Waals surface area contributed by atoms with E-state index in [1.54, 1.807) is 11.7 Å². The molecule has 4 rings (SSSR count). The molecule has 0 bridgehead atoms. The predicted octanol–water partition coefficient (Wildman–Crippen LogP) is -3.24. The Balaban J connectivity index is 1.53. The van der Waals surface area contributed by atoms with Gasteiger partial charge in [-0.05, 0) is 13.8 Å². The zero-order valence-electron chi connectivity index (χ0n) is 25.3. The number of urea groups is 1. The van der Waals surface area contributed by atoms with Gasteiger partial charge in [-0.1, -0.05) is 5.16 Å². The first kappa shape index (κ1) is 34.9. The lowest BCUT2D eigenvalue weighted by Crippen LogP contribution is -2.71. The number of nitrogens with one attached hydrogen (secondary N) is 3. The van der Waals surface area contributed by atoms with E-state index >= 15 is 0 Å². The van der Waals surface area contributed by atoms with Crippen molar-refractivity contribution in [1.29, 1.82) is 0 Å². The third-order valence-electron chi connectivity index (χ3n) is 7.08. The Morgan fingerprint density at radius 3 is 2.49 bits per heavy atom. The fourth-order valence-electron chi connectivity index (χ4n) is 4.34. The van der Waals surface area contributed by atoms with Crippen LogP contribution in [0.25, 0.3) is 0 Å². The minimum atomic E-state index is -1.82. The van der Waals surface area contributed by atoms with Crippen LogP contribution in [0.15, 0.2) is 22.6 Å². The fourth-order valence-corrected chi connectivity index (χ4v) is 6.11. The molecular formula is C24H34N13O8S2+. The van der Waals surface area contributed by atoms with Crippen LogP contribution < -0.4 is 43.6 Å². The summed E-state index contributed by atoms with van der Waals surface area (Å²) < 4.78 is 6.98. The number of aromatic nitrogens is 4. The Kier molecular flexibility index (Phi) is 10.2. The molecule has 2 aromatic heterocycles. The number of oxime groups is 1. The summed E-state index contributed by atoms with van der Waals surface area (Å²) in [6, 6.07) is -2.21. The Bertz CT molecular complexity index is 1670. The van der Waals surface area contributed by atoms with E-state index in [1.165, 1.54) is 36.5 Å². The van der Waals surface area contributed by atoms with Crippen molar-refractivity contribution in [2.45, 2.75) is 43.5 Å². The van der Waals surface area contributed by atoms with E-state index in [-0.39, 0.29) is 53.5 Å². The van der Waals surface area contributed by atoms with Gasteiger partial charge in [-0.15, -0.1) is 21.1 Å². The van der Waals surface area contributed by atoms with Crippen LogP contribution >= 0.6 is 23.3 Å². The summed E-state index contributed by atoms with van der Waals surface area (Å²) in [6.45, 7) is 2.66. The van der Waals surface area contributed by atoms with E-state index in [9.17, 15) is 34.2 Å². The number of carboxylic acid groups (broad SMARTS) is 2. The maximum atomic E-state index is 13.3. The summed E-state index contributed by atoms with van der Waals surface area (Å²) in [6.07, 6.45) is 1.51. The molecule has 47 heavy (non-hydrogen) atoms. The van der Waals surface area contributed by atoms with Gasteiger partial charge < -0.3 is 48.6 Å². The van der Waals surface area contributed by atoms with Crippen molar-refractivity contribution >= 4 is 75.4 Å². The van der Waals surface area contributed by atoms with Crippen molar-refractivity contribution in [3.63, 3.8) is 0 Å². The average Bonchev–Trinajstić information content (AvgIpc) is 3.56. The van der Waals surface area contributed by atoms with Gasteiger partial charge in [0.15, 0.2) is 23.2 Å². The maximum absolute atomic E-state index is 13.3. The smallest absolute Gasteiger partial charge is 0.352 e. The summed E-state index contributed by atoms with van der Waals surface area (Å²) >= 11 is 1.95. The molecule has 21 nitrogen and oxygen atoms in total. The molecule has 2 atom stereocenters. The number of nitrogens with zero attached hydrogens (tertiary/aromatic N) is 6. The molecule has 254 valence electrons. The lowest BCUT2D eigenvalue weighted by molar-refractivity contribution is -0.765. The number of carbonyl (C=O) groups excluding carboxylic acids is 3. The summed E-state index contributed by atoms with van der Waals surface area (Å²) in [5, 5.41) is 30.0. The van der Waals surface area contributed by atoms with Crippen LogP contribution in [-0.2, 0) is 37.6 Å². The first-order chi connectivity index (χ1) is 22.1. The van der Waals surface area contributed by atoms with Crippen LogP contribution in [0, 0.1) is 0 Å². The van der Waals surface area contributed by atoms with Crippen molar-refractivity contribution < 1.29 is 43.7 Å². The van der Waals surface area contributed by atoms with Gasteiger partial charge in [-0.3, -0.25) is 19.8 Å². The molecule has 13 N–H and O–H groups in total. The summed E-state index contributed by atoms with van der Waals surface area (Å²) in [7, 11) is 1.60. The number of carbonyl (C=O) groups is 5. The molecule has 0 aliphatic carbocycles. The molecule has 1 fully saturated rings. The lowest BCUT2D eigenvalue weighted by Gasteiger charge is -2.49. The number of aliphatic carboxylic acids is 2. The van der Waals surface area contributed by atoms with Gasteiger partial charge in [0.1, 0.15) is 17.1 Å². The average molecular weight is 697 g/mol. The largest absolute Gasteiger partial charge is 0.478 e. The highest BCUT2D eigenvalue weighted by Crippen LogP contribution is 2.40. The number of amides is 4. The third kappa shape index (κ3) is 7.21. The van der Waals surface area contributed by atoms with Crippen molar-refractivity contribution in [3.8, 4) is 0 Å². The molecule has 0 spiro atoms. The van der Waals surface area contributed by atoms with E-state index in [0.29, 0.717) is 5.57 Å². The molecule has 0 radical (unpaired) electrons. The van der Waals surface area contributed by atoms with Crippen LogP contribution in [0.3, 0.4) is 0 Å². The number of nitrogen functional groups attached to an aromatic ring is 2. The Morgan fingerprint density at radius 1 is 1.23 bits per heavy atom. The zero-order chi connectivity index (χ0) is 34.8. The normalized spacial score (nSPS) is 18.0. The molecule has 0 unspecified atom stereocenters. The van der Waals surface area contributed by atoms with Crippen molar-refractivity contribution in [2.24, 2.45) is 23.7 Å². The van der Waals surface area contributed by atoms with Gasteiger partial charge in [-0.25, -0.2) is 14.4 Å². The molecule has 4 heterocycles. The molecule has 0 saturated carbocycles. The fraction of sp³-hybridized carbons (Fsp3) is 0.458. The van der Waals surface area contributed by atoms with E-state index in [1.807, 2.05) is 0 Å². The van der Waals surface area contributed by atoms with Crippen LogP contribution in [0.1, 0.15) is 19.7 Å². The van der Waals surface area contributed by atoms with Crippen LogP contribution in [0.5, 0.6) is 0 Å². The molecule has 2 aliphatic heterocycles. The maximum Gasteiger partial charge on any atom is 0.352 e. The highest BCUT2D eigenvalue weighted by molar-refractivity contribution is 8.00. The summed E-state index contributed by atoms with van der Waals surface area (Å²) in [4.78, 5) is 72.9. The number of rotatable bonds is 13. The van der Waals surface area contributed by atoms with Crippen LogP contribution in [0.2, 0.25) is 0 Å². The molecular weight excluding hydrogens is 662 g/mol. The predicted molar refractivity (Wildman–Crippen MR) is 167 cm³/mol. The van der Waals surface area contributed by atoms with E-state index < -0.39 is 58.6 Å². The Labute approximate surface area is 274 Å². The molecule has 23 heteroatoms. The first-order valence-corrected chi connectivity index (χ1v) is 15.5. The van der Waals surface area contributed by atoms with Crippen LogP contribution in [0.4, 0.5) is 21.4 Å². The quantitative estimate of drug-likeness (QED) is 0.0430. The topological polar surface area (TPSA) is 325 Å². The van der Waals surface area contributed by atoms with Crippen molar-refractivity contribution in [3.05, 3.63) is 23.3 Å². The SMILES string of the molecule is Cn1c(N)c(NC(=O)NC(CN)CN)c[n+]1CC1=C(C(=O)O)N2C(=O)[C@@H](NC(=O)/C(=N\OC(C)(C)C(=O)O)c3nsc(N)n3)[C@H]2SC1. The van der Waals surface area contributed by atoms with Crippen LogP contribution in [-0.4, -0.2) is 107 Å². The lowest BCUT2D eigenvalue weighted by atomic mass is 10.0. The minimum Gasteiger partial charge on any atom is -0.478 e. The van der Waals surface area contributed by atoms with Crippen molar-refractivity contribution in [1.82, 2.24) is 29.6 Å². The van der Waals surface area contributed by atoms with Gasteiger partial charge in [-0.2, -0.15) is 9.36 Å². The molecule has 1 saturated heterocycles.